The molecule has 1 atom stereocenters. The lowest BCUT2D eigenvalue weighted by Crippen LogP contribution is -2.35. The van der Waals surface area contributed by atoms with Crippen LogP contribution in [-0.4, -0.2) is 44.9 Å². The number of nitrogens with zero attached hydrogens (tertiary/aromatic N) is 1. The highest BCUT2D eigenvalue weighted by Gasteiger charge is 2.30. The maximum absolute atomic E-state index is 12.7. The zero-order valence-corrected chi connectivity index (χ0v) is 16.2. The van der Waals surface area contributed by atoms with Crippen molar-refractivity contribution < 1.29 is 17.9 Å². The first-order chi connectivity index (χ1) is 11.4. The Labute approximate surface area is 155 Å². The van der Waals surface area contributed by atoms with Gasteiger partial charge in [-0.05, 0) is 31.4 Å². The summed E-state index contributed by atoms with van der Waals surface area (Å²) in [6.45, 7) is 3.00. The van der Waals surface area contributed by atoms with Gasteiger partial charge in [-0.2, -0.15) is 4.31 Å². The molecule has 0 saturated carbocycles. The Hall–Kier alpha value is -1.35. The minimum Gasteiger partial charge on any atom is -0.495 e. The average molecular weight is 392 g/mol. The average Bonchev–Trinajstić information content (AvgIpc) is 3.10. The number of carbonyl (C=O) groups is 1. The summed E-state index contributed by atoms with van der Waals surface area (Å²) in [7, 11) is -2.17. The molecule has 1 heterocycles. The number of amides is 1. The molecule has 0 aliphatic carbocycles. The van der Waals surface area contributed by atoms with Gasteiger partial charge in [0.15, 0.2) is 0 Å². The van der Waals surface area contributed by atoms with Gasteiger partial charge in [0.2, 0.25) is 15.9 Å². The summed E-state index contributed by atoms with van der Waals surface area (Å²) in [5.41, 5.74) is 6.24. The van der Waals surface area contributed by atoms with Gasteiger partial charge in [0.1, 0.15) is 10.6 Å². The maximum Gasteiger partial charge on any atom is 0.246 e. The van der Waals surface area contributed by atoms with E-state index in [0.29, 0.717) is 25.2 Å². The van der Waals surface area contributed by atoms with E-state index in [1.54, 1.807) is 6.07 Å². The lowest BCUT2D eigenvalue weighted by molar-refractivity contribution is -0.117. The van der Waals surface area contributed by atoms with Gasteiger partial charge < -0.3 is 15.8 Å². The molecular formula is C16H26ClN3O4S. The molecule has 0 spiro atoms. The van der Waals surface area contributed by atoms with E-state index in [4.69, 9.17) is 10.5 Å². The fraction of sp³-hybridized carbons (Fsp3) is 0.562. The van der Waals surface area contributed by atoms with E-state index >= 15 is 0 Å². The normalized spacial score (nSPS) is 16.1. The van der Waals surface area contributed by atoms with Crippen LogP contribution in [0.1, 0.15) is 32.6 Å². The van der Waals surface area contributed by atoms with Crippen LogP contribution < -0.4 is 15.8 Å². The van der Waals surface area contributed by atoms with Crippen molar-refractivity contribution in [2.24, 2.45) is 5.73 Å². The van der Waals surface area contributed by atoms with E-state index < -0.39 is 16.1 Å². The third kappa shape index (κ3) is 5.07. The van der Waals surface area contributed by atoms with Crippen LogP contribution >= 0.6 is 12.4 Å². The number of rotatable bonds is 7. The number of hydrogen-bond donors (Lipinski definition) is 2. The lowest BCUT2D eigenvalue weighted by Gasteiger charge is -2.18. The number of hydrogen-bond acceptors (Lipinski definition) is 5. The van der Waals surface area contributed by atoms with Crippen molar-refractivity contribution in [3.63, 3.8) is 0 Å². The van der Waals surface area contributed by atoms with Crippen LogP contribution in [-0.2, 0) is 14.8 Å². The molecule has 1 aromatic rings. The standard InChI is InChI=1S/C16H25N3O4S.ClH/c1-3-6-13(17)16(20)18-12-7-8-15(14(11-12)23-2)24(21,22)19-9-4-5-10-19;/h7-8,11,13H,3-6,9-10,17H2,1-2H3,(H,18,20);1H. The molecule has 0 bridgehead atoms. The molecule has 1 saturated heterocycles. The van der Waals surface area contributed by atoms with Crippen molar-refractivity contribution in [3.8, 4) is 5.75 Å². The number of carbonyl (C=O) groups excluding carboxylic acids is 1. The minimum absolute atomic E-state index is 0. The number of nitrogens with two attached hydrogens (primary N) is 1. The summed E-state index contributed by atoms with van der Waals surface area (Å²) in [6, 6.07) is 3.95. The Bertz CT molecular complexity index is 691. The Balaban J connectivity index is 0.00000312. The molecule has 1 amide bonds. The van der Waals surface area contributed by atoms with E-state index in [-0.39, 0.29) is 29.0 Å². The second-order valence-corrected chi connectivity index (χ2v) is 7.77. The van der Waals surface area contributed by atoms with Crippen molar-refractivity contribution in [1.82, 2.24) is 4.31 Å². The summed E-state index contributed by atoms with van der Waals surface area (Å²) in [4.78, 5) is 12.1. The number of halogens is 1. The number of nitrogens with one attached hydrogen (secondary N) is 1. The van der Waals surface area contributed by atoms with Gasteiger partial charge in [-0.25, -0.2) is 8.42 Å². The molecule has 1 unspecified atom stereocenters. The molecule has 2 rings (SSSR count). The fourth-order valence-corrected chi connectivity index (χ4v) is 4.36. The van der Waals surface area contributed by atoms with Crippen LogP contribution in [0.3, 0.4) is 0 Å². The topological polar surface area (TPSA) is 102 Å². The second kappa shape index (κ2) is 9.38. The number of methoxy groups -OCH3 is 1. The van der Waals surface area contributed by atoms with Gasteiger partial charge >= 0.3 is 0 Å². The van der Waals surface area contributed by atoms with Gasteiger partial charge in [-0.15, -0.1) is 12.4 Å². The van der Waals surface area contributed by atoms with Gasteiger partial charge in [0.25, 0.3) is 0 Å². The smallest absolute Gasteiger partial charge is 0.246 e. The SMILES string of the molecule is CCCC(N)C(=O)Nc1ccc(S(=O)(=O)N2CCCC2)c(OC)c1.Cl. The van der Waals surface area contributed by atoms with Crippen LogP contribution in [0.4, 0.5) is 5.69 Å². The summed E-state index contributed by atoms with van der Waals surface area (Å²) in [5, 5.41) is 2.70. The molecule has 7 nitrogen and oxygen atoms in total. The molecule has 1 aromatic carbocycles. The fourth-order valence-electron chi connectivity index (χ4n) is 2.70. The highest BCUT2D eigenvalue weighted by atomic mass is 35.5. The first kappa shape index (κ1) is 21.7. The number of anilines is 1. The molecule has 3 N–H and O–H groups in total. The Morgan fingerprint density at radius 3 is 2.56 bits per heavy atom. The van der Waals surface area contributed by atoms with Crippen molar-refractivity contribution in [3.05, 3.63) is 18.2 Å². The lowest BCUT2D eigenvalue weighted by atomic mass is 10.1. The molecule has 25 heavy (non-hydrogen) atoms. The third-order valence-electron chi connectivity index (χ3n) is 4.05. The van der Waals surface area contributed by atoms with Crippen LogP contribution in [0.2, 0.25) is 0 Å². The van der Waals surface area contributed by atoms with Crippen LogP contribution in [0.5, 0.6) is 5.75 Å². The monoisotopic (exact) mass is 391 g/mol. The van der Waals surface area contributed by atoms with Crippen LogP contribution in [0.25, 0.3) is 0 Å². The quantitative estimate of drug-likeness (QED) is 0.739. The molecule has 1 aliphatic rings. The van der Waals surface area contributed by atoms with Crippen molar-refractivity contribution in [1.29, 1.82) is 0 Å². The largest absolute Gasteiger partial charge is 0.495 e. The highest BCUT2D eigenvalue weighted by Crippen LogP contribution is 2.31. The van der Waals surface area contributed by atoms with E-state index in [2.05, 4.69) is 5.32 Å². The van der Waals surface area contributed by atoms with Crippen LogP contribution in [0.15, 0.2) is 23.1 Å². The van der Waals surface area contributed by atoms with Gasteiger partial charge in [-0.3, -0.25) is 4.79 Å². The summed E-state index contributed by atoms with van der Waals surface area (Å²) in [6.07, 6.45) is 3.13. The predicted molar refractivity (Wildman–Crippen MR) is 99.7 cm³/mol. The number of ether oxygens (including phenoxy) is 1. The van der Waals surface area contributed by atoms with Gasteiger partial charge in [0, 0.05) is 24.8 Å². The van der Waals surface area contributed by atoms with Gasteiger partial charge in [0.05, 0.1) is 13.2 Å². The van der Waals surface area contributed by atoms with Gasteiger partial charge in [-0.1, -0.05) is 13.3 Å². The van der Waals surface area contributed by atoms with Crippen molar-refractivity contribution in [2.45, 2.75) is 43.5 Å². The predicted octanol–water partition coefficient (Wildman–Crippen LogP) is 1.97. The molecule has 0 aromatic heterocycles. The Morgan fingerprint density at radius 1 is 1.36 bits per heavy atom. The molecule has 142 valence electrons. The molecule has 0 radical (unpaired) electrons. The van der Waals surface area contributed by atoms with Crippen molar-refractivity contribution in [2.75, 3.05) is 25.5 Å². The summed E-state index contributed by atoms with van der Waals surface area (Å²) >= 11 is 0. The minimum atomic E-state index is -3.58. The van der Waals surface area contributed by atoms with Crippen LogP contribution in [0, 0.1) is 0 Å². The first-order valence-corrected chi connectivity index (χ1v) is 9.58. The molecule has 1 fully saturated rings. The maximum atomic E-state index is 12.7. The summed E-state index contributed by atoms with van der Waals surface area (Å²) < 4.78 is 32.1. The third-order valence-corrected chi connectivity index (χ3v) is 5.99. The Kier molecular flexibility index (Phi) is 8.14. The second-order valence-electron chi connectivity index (χ2n) is 5.86. The molecule has 9 heteroatoms. The zero-order valence-electron chi connectivity index (χ0n) is 14.5. The summed E-state index contributed by atoms with van der Waals surface area (Å²) in [5.74, 6) is -0.0854. The van der Waals surface area contributed by atoms with E-state index in [9.17, 15) is 13.2 Å². The van der Waals surface area contributed by atoms with Crippen molar-refractivity contribution >= 4 is 34.0 Å². The van der Waals surface area contributed by atoms with E-state index in [0.717, 1.165) is 19.3 Å². The highest BCUT2D eigenvalue weighted by molar-refractivity contribution is 7.89. The first-order valence-electron chi connectivity index (χ1n) is 8.14. The molecular weight excluding hydrogens is 366 g/mol. The zero-order chi connectivity index (χ0) is 17.7. The number of benzene rings is 1. The molecule has 1 aliphatic heterocycles. The number of sulfonamides is 1. The van der Waals surface area contributed by atoms with E-state index in [1.165, 1.54) is 23.5 Å². The van der Waals surface area contributed by atoms with E-state index in [1.807, 2.05) is 6.92 Å². The Morgan fingerprint density at radius 2 is 2.00 bits per heavy atom.